The summed E-state index contributed by atoms with van der Waals surface area (Å²) in [5.41, 5.74) is 0. The van der Waals surface area contributed by atoms with E-state index in [4.69, 9.17) is 0 Å². The highest BCUT2D eigenvalue weighted by atomic mass is 16.5. The van der Waals surface area contributed by atoms with Gasteiger partial charge in [0.25, 0.3) is 0 Å². The van der Waals surface area contributed by atoms with Crippen molar-refractivity contribution in [2.75, 3.05) is 7.11 Å². The van der Waals surface area contributed by atoms with Crippen molar-refractivity contribution in [2.24, 2.45) is 0 Å². The molecule has 1 atom stereocenters. The van der Waals surface area contributed by atoms with E-state index < -0.39 is 6.10 Å². The summed E-state index contributed by atoms with van der Waals surface area (Å²) in [5.74, 6) is -0.105. The van der Waals surface area contributed by atoms with Gasteiger partial charge in [0, 0.05) is 6.42 Å². The molecule has 0 aliphatic rings. The Kier molecular flexibility index (Phi) is 24.8. The number of methoxy groups -OCH3 is 1. The second-order valence-electron chi connectivity index (χ2n) is 8.94. The molecule has 0 saturated heterocycles. The van der Waals surface area contributed by atoms with Gasteiger partial charge in [-0.25, -0.2) is 0 Å². The lowest BCUT2D eigenvalue weighted by Gasteiger charge is -2.02. The van der Waals surface area contributed by atoms with E-state index in [-0.39, 0.29) is 5.97 Å². The Hall–Kier alpha value is -1.35. The zero-order valence-electron chi connectivity index (χ0n) is 21.2. The van der Waals surface area contributed by atoms with Crippen LogP contribution < -0.4 is 0 Å². The van der Waals surface area contributed by atoms with Gasteiger partial charge in [0.05, 0.1) is 13.2 Å². The van der Waals surface area contributed by atoms with Gasteiger partial charge in [-0.3, -0.25) is 4.79 Å². The van der Waals surface area contributed by atoms with Crippen LogP contribution in [0.15, 0.2) is 36.5 Å². The Morgan fingerprint density at radius 3 is 1.84 bits per heavy atom. The molecule has 3 nitrogen and oxygen atoms in total. The van der Waals surface area contributed by atoms with Crippen molar-refractivity contribution in [1.82, 2.24) is 0 Å². The number of aliphatic hydroxyl groups is 1. The highest BCUT2D eigenvalue weighted by Gasteiger charge is 1.98. The Morgan fingerprint density at radius 2 is 1.25 bits per heavy atom. The van der Waals surface area contributed by atoms with Gasteiger partial charge in [0.1, 0.15) is 0 Å². The fraction of sp³-hybridized carbons (Fsp3) is 0.759. The number of ether oxygens (including phenoxy) is 1. The lowest BCUT2D eigenvalue weighted by atomic mass is 10.1. The minimum absolute atomic E-state index is 0.105. The van der Waals surface area contributed by atoms with Crippen LogP contribution in [0, 0.1) is 0 Å². The largest absolute Gasteiger partial charge is 0.469 e. The van der Waals surface area contributed by atoms with Crippen LogP contribution in [0.25, 0.3) is 0 Å². The number of carbonyl (C=O) groups excluding carboxylic acids is 1. The second kappa shape index (κ2) is 25.9. The highest BCUT2D eigenvalue weighted by Crippen LogP contribution is 2.12. The number of rotatable bonds is 23. The summed E-state index contributed by atoms with van der Waals surface area (Å²) in [6.07, 6.45) is 34.7. The molecular formula is C29H52O3. The van der Waals surface area contributed by atoms with Crippen LogP contribution in [-0.4, -0.2) is 24.3 Å². The van der Waals surface area contributed by atoms with E-state index in [0.29, 0.717) is 12.8 Å². The minimum atomic E-state index is -0.390. The summed E-state index contributed by atoms with van der Waals surface area (Å²) in [6, 6.07) is 0. The van der Waals surface area contributed by atoms with Crippen molar-refractivity contribution in [3.8, 4) is 0 Å². The Bertz CT molecular complexity index is 479. The van der Waals surface area contributed by atoms with Gasteiger partial charge in [0.2, 0.25) is 0 Å². The summed E-state index contributed by atoms with van der Waals surface area (Å²) in [7, 11) is 1.44. The second-order valence-corrected chi connectivity index (χ2v) is 8.94. The Morgan fingerprint density at radius 1 is 0.719 bits per heavy atom. The van der Waals surface area contributed by atoms with Gasteiger partial charge >= 0.3 is 5.97 Å². The van der Waals surface area contributed by atoms with E-state index in [1.165, 1.54) is 90.6 Å². The first-order chi connectivity index (χ1) is 15.7. The smallest absolute Gasteiger partial charge is 0.305 e. The predicted octanol–water partition coefficient (Wildman–Crippen LogP) is 8.62. The zero-order chi connectivity index (χ0) is 23.5. The van der Waals surface area contributed by atoms with Crippen LogP contribution >= 0.6 is 0 Å². The molecule has 0 unspecified atom stereocenters. The van der Waals surface area contributed by atoms with E-state index in [9.17, 15) is 9.90 Å². The maximum absolute atomic E-state index is 11.0. The molecule has 0 bridgehead atoms. The van der Waals surface area contributed by atoms with Crippen molar-refractivity contribution in [3.05, 3.63) is 36.5 Å². The number of esters is 1. The molecule has 32 heavy (non-hydrogen) atoms. The van der Waals surface area contributed by atoms with E-state index in [2.05, 4.69) is 29.9 Å². The van der Waals surface area contributed by atoms with Crippen LogP contribution in [0.3, 0.4) is 0 Å². The van der Waals surface area contributed by atoms with E-state index in [1.54, 1.807) is 0 Å². The first kappa shape index (κ1) is 30.6. The van der Waals surface area contributed by atoms with Gasteiger partial charge in [-0.1, -0.05) is 120 Å². The molecule has 0 aliphatic heterocycles. The van der Waals surface area contributed by atoms with Crippen LogP contribution in [0.4, 0.5) is 0 Å². The molecule has 0 aromatic carbocycles. The maximum atomic E-state index is 11.0. The standard InChI is InChI=1S/C29H52O3/c1-3-4-5-6-7-8-9-10-11-13-16-19-22-25-28(30)26-23-20-17-14-12-15-18-21-24-27-29(31)32-2/h17,19-20,22-23,26,28,30H,3-16,18,21,24-25,27H2,1-2H3/b20-17+,22-19+,26-23+/t28-/m1/s1. The molecule has 0 heterocycles. The van der Waals surface area contributed by atoms with Crippen LogP contribution in [0.5, 0.6) is 0 Å². The predicted molar refractivity (Wildman–Crippen MR) is 139 cm³/mol. The number of hydrogen-bond donors (Lipinski definition) is 1. The highest BCUT2D eigenvalue weighted by molar-refractivity contribution is 5.68. The SMILES string of the molecule is CCCCCCCCCCCC/C=C/C[C@@H](O)/C=C/C=C/CCCCCCCC(=O)OC. The van der Waals surface area contributed by atoms with E-state index >= 15 is 0 Å². The summed E-state index contributed by atoms with van der Waals surface area (Å²) in [6.45, 7) is 2.27. The average Bonchev–Trinajstić information content (AvgIpc) is 2.80. The van der Waals surface area contributed by atoms with Crippen molar-refractivity contribution < 1.29 is 14.6 Å². The summed E-state index contributed by atoms with van der Waals surface area (Å²) in [4.78, 5) is 11.0. The van der Waals surface area contributed by atoms with Crippen molar-refractivity contribution in [1.29, 1.82) is 0 Å². The normalized spacial score (nSPS) is 13.0. The molecule has 0 amide bonds. The Labute approximate surface area is 199 Å². The topological polar surface area (TPSA) is 46.5 Å². The van der Waals surface area contributed by atoms with Gasteiger partial charge in [0.15, 0.2) is 0 Å². The summed E-state index contributed by atoms with van der Waals surface area (Å²) in [5, 5.41) is 10.0. The maximum Gasteiger partial charge on any atom is 0.305 e. The first-order valence-corrected chi connectivity index (χ1v) is 13.4. The molecule has 0 aliphatic carbocycles. The molecule has 0 fully saturated rings. The fourth-order valence-electron chi connectivity index (χ4n) is 3.71. The Balaban J connectivity index is 3.43. The monoisotopic (exact) mass is 448 g/mol. The molecule has 1 N–H and O–H groups in total. The quantitative estimate of drug-likeness (QED) is 0.0736. The van der Waals surface area contributed by atoms with Gasteiger partial charge in [-0.15, -0.1) is 0 Å². The average molecular weight is 449 g/mol. The molecule has 0 radical (unpaired) electrons. The molecule has 0 spiro atoms. The molecule has 0 aromatic heterocycles. The molecule has 3 heteroatoms. The molecule has 0 saturated carbocycles. The lowest BCUT2D eigenvalue weighted by Crippen LogP contribution is -1.99. The van der Waals surface area contributed by atoms with Crippen molar-refractivity contribution in [2.45, 2.75) is 135 Å². The number of hydrogen-bond acceptors (Lipinski definition) is 3. The molecular weight excluding hydrogens is 396 g/mol. The minimum Gasteiger partial charge on any atom is -0.469 e. The van der Waals surface area contributed by atoms with Crippen molar-refractivity contribution in [3.63, 3.8) is 0 Å². The summed E-state index contributed by atoms with van der Waals surface area (Å²) >= 11 is 0. The number of unbranched alkanes of at least 4 members (excludes halogenated alkanes) is 15. The summed E-state index contributed by atoms with van der Waals surface area (Å²) < 4.78 is 4.64. The van der Waals surface area contributed by atoms with Crippen LogP contribution in [-0.2, 0) is 9.53 Å². The molecule has 0 aromatic rings. The zero-order valence-corrected chi connectivity index (χ0v) is 21.2. The van der Waals surface area contributed by atoms with Gasteiger partial charge in [-0.2, -0.15) is 0 Å². The third kappa shape index (κ3) is 24.9. The van der Waals surface area contributed by atoms with Crippen LogP contribution in [0.2, 0.25) is 0 Å². The molecule has 186 valence electrons. The van der Waals surface area contributed by atoms with Crippen LogP contribution in [0.1, 0.15) is 129 Å². The third-order valence-corrected chi connectivity index (χ3v) is 5.83. The van der Waals surface area contributed by atoms with Gasteiger partial charge < -0.3 is 9.84 Å². The fourth-order valence-corrected chi connectivity index (χ4v) is 3.71. The number of aliphatic hydroxyl groups excluding tert-OH is 1. The van der Waals surface area contributed by atoms with E-state index in [1.807, 2.05) is 18.2 Å². The molecule has 0 rings (SSSR count). The lowest BCUT2D eigenvalue weighted by molar-refractivity contribution is -0.140. The first-order valence-electron chi connectivity index (χ1n) is 13.4. The van der Waals surface area contributed by atoms with E-state index in [0.717, 1.165) is 25.7 Å². The number of allylic oxidation sites excluding steroid dienone is 4. The third-order valence-electron chi connectivity index (χ3n) is 5.83. The van der Waals surface area contributed by atoms with Crippen molar-refractivity contribution >= 4 is 5.97 Å². The number of carbonyl (C=O) groups is 1. The van der Waals surface area contributed by atoms with Gasteiger partial charge in [-0.05, 0) is 38.5 Å².